The Kier molecular flexibility index (Phi) is 6.77. The van der Waals surface area contributed by atoms with Crippen LogP contribution in [0.25, 0.3) is 0 Å². The normalized spacial score (nSPS) is 39.8. The van der Waals surface area contributed by atoms with Gasteiger partial charge in [0.15, 0.2) is 5.79 Å². The van der Waals surface area contributed by atoms with E-state index in [1.165, 1.54) is 12.1 Å². The van der Waals surface area contributed by atoms with Crippen LogP contribution >= 0.6 is 11.8 Å². The van der Waals surface area contributed by atoms with Gasteiger partial charge in [-0.2, -0.15) is 0 Å². The van der Waals surface area contributed by atoms with Gasteiger partial charge >= 0.3 is 0 Å². The third-order valence-corrected chi connectivity index (χ3v) is 7.67. The Morgan fingerprint density at radius 2 is 1.96 bits per heavy atom. The zero-order valence-electron chi connectivity index (χ0n) is 17.5. The lowest BCUT2D eigenvalue weighted by Gasteiger charge is -2.55. The molecule has 0 radical (unpaired) electrons. The minimum Gasteiger partial charge on any atom is -0.386 e. The van der Waals surface area contributed by atoms with Crippen molar-refractivity contribution < 1.29 is 23.7 Å². The van der Waals surface area contributed by atoms with Crippen molar-refractivity contribution >= 4 is 11.8 Å². The van der Waals surface area contributed by atoms with Crippen LogP contribution in [-0.2, 0) is 14.2 Å². The van der Waals surface area contributed by atoms with E-state index in [-0.39, 0.29) is 35.3 Å². The van der Waals surface area contributed by atoms with Gasteiger partial charge in [-0.3, -0.25) is 0 Å². The van der Waals surface area contributed by atoms with Gasteiger partial charge in [-0.15, -0.1) is 11.8 Å². The van der Waals surface area contributed by atoms with Crippen molar-refractivity contribution in [3.05, 3.63) is 30.1 Å². The van der Waals surface area contributed by atoms with Gasteiger partial charge in [0.2, 0.25) is 0 Å². The van der Waals surface area contributed by atoms with E-state index in [1.807, 2.05) is 13.8 Å². The molecule has 28 heavy (non-hydrogen) atoms. The molecule has 7 atom stereocenters. The molecule has 3 rings (SSSR count). The third kappa shape index (κ3) is 4.57. The van der Waals surface area contributed by atoms with Gasteiger partial charge in [0.1, 0.15) is 11.4 Å². The standard InChI is InChI=1S/C22H33FO4S/c1-6-14(2)20-21(4,24)19(28-18-9-7-16(23)8-10-18)13-22(27-20)12-17(25-5)11-15(3)26-22/h7-10,14-15,17,19-20,24H,6,11-13H2,1-5H3/t14?,15-,17?,19-,20-,21+,22+/m1/s1. The Labute approximate surface area is 172 Å². The maximum atomic E-state index is 13.3. The monoisotopic (exact) mass is 412 g/mol. The molecule has 158 valence electrons. The van der Waals surface area contributed by atoms with Crippen molar-refractivity contribution in [3.63, 3.8) is 0 Å². The van der Waals surface area contributed by atoms with Crippen molar-refractivity contribution in [3.8, 4) is 0 Å². The van der Waals surface area contributed by atoms with E-state index in [4.69, 9.17) is 14.2 Å². The van der Waals surface area contributed by atoms with Crippen molar-refractivity contribution in [2.45, 2.75) is 93.2 Å². The van der Waals surface area contributed by atoms with E-state index in [0.29, 0.717) is 12.8 Å². The fourth-order valence-corrected chi connectivity index (χ4v) is 5.80. The summed E-state index contributed by atoms with van der Waals surface area (Å²) in [6.45, 7) is 8.12. The van der Waals surface area contributed by atoms with Crippen LogP contribution in [0.5, 0.6) is 0 Å². The molecule has 6 heteroatoms. The molecule has 2 fully saturated rings. The van der Waals surface area contributed by atoms with Crippen LogP contribution in [0, 0.1) is 11.7 Å². The molecular weight excluding hydrogens is 379 g/mol. The Bertz CT molecular complexity index is 652. The summed E-state index contributed by atoms with van der Waals surface area (Å²) in [5.74, 6) is -0.860. The third-order valence-electron chi connectivity index (χ3n) is 6.20. The Morgan fingerprint density at radius 3 is 2.57 bits per heavy atom. The van der Waals surface area contributed by atoms with Crippen LogP contribution < -0.4 is 0 Å². The predicted octanol–water partition coefficient (Wildman–Crippen LogP) is 4.78. The van der Waals surface area contributed by atoms with Crippen molar-refractivity contribution in [2.24, 2.45) is 5.92 Å². The molecule has 4 nitrogen and oxygen atoms in total. The molecule has 0 saturated carbocycles. The number of aliphatic hydroxyl groups is 1. The molecule has 2 aliphatic heterocycles. The van der Waals surface area contributed by atoms with Gasteiger partial charge in [-0.1, -0.05) is 20.3 Å². The first-order chi connectivity index (χ1) is 13.2. The number of halogens is 1. The number of benzene rings is 1. The first-order valence-electron chi connectivity index (χ1n) is 10.2. The molecule has 2 heterocycles. The van der Waals surface area contributed by atoms with Crippen molar-refractivity contribution in [1.82, 2.24) is 0 Å². The zero-order valence-corrected chi connectivity index (χ0v) is 18.3. The van der Waals surface area contributed by atoms with E-state index >= 15 is 0 Å². The lowest BCUT2D eigenvalue weighted by Crippen LogP contribution is -2.65. The number of ether oxygens (including phenoxy) is 3. The summed E-state index contributed by atoms with van der Waals surface area (Å²) in [6.07, 6.45) is 2.68. The highest BCUT2D eigenvalue weighted by Gasteiger charge is 2.57. The van der Waals surface area contributed by atoms with Gasteiger partial charge in [0, 0.05) is 30.1 Å². The summed E-state index contributed by atoms with van der Waals surface area (Å²) in [5.41, 5.74) is -1.04. The topological polar surface area (TPSA) is 47.9 Å². The molecule has 1 spiro atoms. The molecule has 1 aromatic rings. The smallest absolute Gasteiger partial charge is 0.172 e. The number of rotatable bonds is 5. The van der Waals surface area contributed by atoms with Crippen LogP contribution in [0.1, 0.15) is 53.4 Å². The van der Waals surface area contributed by atoms with Crippen LogP contribution in [0.3, 0.4) is 0 Å². The maximum absolute atomic E-state index is 13.3. The van der Waals surface area contributed by atoms with E-state index in [2.05, 4.69) is 13.8 Å². The lowest BCUT2D eigenvalue weighted by atomic mass is 9.78. The molecule has 1 aromatic carbocycles. The second kappa shape index (κ2) is 8.60. The highest BCUT2D eigenvalue weighted by Crippen LogP contribution is 2.50. The second-order valence-electron chi connectivity index (χ2n) is 8.55. The van der Waals surface area contributed by atoms with Gasteiger partial charge in [-0.05, 0) is 50.5 Å². The van der Waals surface area contributed by atoms with Crippen LogP contribution in [0.4, 0.5) is 4.39 Å². The molecule has 0 bridgehead atoms. The number of hydrogen-bond acceptors (Lipinski definition) is 5. The quantitative estimate of drug-likeness (QED) is 0.754. The minimum atomic E-state index is -1.04. The van der Waals surface area contributed by atoms with E-state index in [9.17, 15) is 9.50 Å². The maximum Gasteiger partial charge on any atom is 0.172 e. The predicted molar refractivity (Wildman–Crippen MR) is 109 cm³/mol. The molecule has 0 amide bonds. The molecule has 0 aromatic heterocycles. The molecule has 1 N–H and O–H groups in total. The first kappa shape index (κ1) is 22.0. The van der Waals surface area contributed by atoms with E-state index in [0.717, 1.165) is 17.7 Å². The Balaban J connectivity index is 1.92. The molecule has 2 saturated heterocycles. The highest BCUT2D eigenvalue weighted by molar-refractivity contribution is 8.00. The fourth-order valence-electron chi connectivity index (χ4n) is 4.47. The van der Waals surface area contributed by atoms with Crippen molar-refractivity contribution in [1.29, 1.82) is 0 Å². The second-order valence-corrected chi connectivity index (χ2v) is 9.83. The van der Waals surface area contributed by atoms with Gasteiger partial charge in [0.05, 0.1) is 18.3 Å². The number of hydrogen-bond donors (Lipinski definition) is 1. The average Bonchev–Trinajstić information content (AvgIpc) is 2.65. The average molecular weight is 413 g/mol. The van der Waals surface area contributed by atoms with Crippen LogP contribution in [0.2, 0.25) is 0 Å². The SMILES string of the molecule is CCC(C)[C@H]1O[C@@]2(CC(OC)C[C@@H](C)O2)C[C@@H](Sc2ccc(F)cc2)[C@]1(C)O. The Hall–Kier alpha value is -0.660. The summed E-state index contributed by atoms with van der Waals surface area (Å²) < 4.78 is 31.9. The largest absolute Gasteiger partial charge is 0.386 e. The van der Waals surface area contributed by atoms with Gasteiger partial charge < -0.3 is 19.3 Å². The minimum absolute atomic E-state index is 0.0239. The molecular formula is C22H33FO4S. The summed E-state index contributed by atoms with van der Waals surface area (Å²) >= 11 is 1.57. The van der Waals surface area contributed by atoms with Crippen molar-refractivity contribution in [2.75, 3.05) is 7.11 Å². The number of methoxy groups -OCH3 is 1. The first-order valence-corrected chi connectivity index (χ1v) is 11.1. The van der Waals surface area contributed by atoms with E-state index < -0.39 is 11.4 Å². The molecule has 2 aliphatic rings. The summed E-state index contributed by atoms with van der Waals surface area (Å²) in [5, 5.41) is 11.4. The fraction of sp³-hybridized carbons (Fsp3) is 0.727. The Morgan fingerprint density at radius 1 is 1.29 bits per heavy atom. The molecule has 0 aliphatic carbocycles. The summed E-state index contributed by atoms with van der Waals surface area (Å²) in [4.78, 5) is 0.929. The van der Waals surface area contributed by atoms with Gasteiger partial charge in [-0.25, -0.2) is 4.39 Å². The zero-order chi connectivity index (χ0) is 20.5. The highest BCUT2D eigenvalue weighted by atomic mass is 32.2. The van der Waals surface area contributed by atoms with Crippen LogP contribution in [0.15, 0.2) is 29.2 Å². The molecule has 2 unspecified atom stereocenters. The van der Waals surface area contributed by atoms with E-state index in [1.54, 1.807) is 31.0 Å². The van der Waals surface area contributed by atoms with Crippen LogP contribution in [-0.4, -0.2) is 47.2 Å². The van der Waals surface area contributed by atoms with Gasteiger partial charge in [0.25, 0.3) is 0 Å². The summed E-state index contributed by atoms with van der Waals surface area (Å²) in [6, 6.07) is 6.44. The lowest BCUT2D eigenvalue weighted by molar-refractivity contribution is -0.356. The number of thioether (sulfide) groups is 1. The summed E-state index contributed by atoms with van der Waals surface area (Å²) in [7, 11) is 1.73.